The number of carbonyl (C=O) groups excluding carboxylic acids is 2. The van der Waals surface area contributed by atoms with E-state index in [1.807, 2.05) is 0 Å². The molecule has 14 nitrogen and oxygen atoms in total. The number of anilines is 1. The van der Waals surface area contributed by atoms with Gasteiger partial charge >= 0.3 is 57.4 Å². The maximum absolute atomic E-state index is 15.2. The van der Waals surface area contributed by atoms with Gasteiger partial charge < -0.3 is 29.7 Å². The molecule has 56 heavy (non-hydrogen) atoms. The fourth-order valence-electron chi connectivity index (χ4n) is 8.73. The second-order valence-corrected chi connectivity index (χ2v) is 17.4. The number of carbonyl (C=O) groups is 2. The van der Waals surface area contributed by atoms with Gasteiger partial charge in [0, 0.05) is 55.9 Å². The van der Waals surface area contributed by atoms with E-state index in [0.29, 0.717) is 29.6 Å². The molecule has 3 amide bonds. The van der Waals surface area contributed by atoms with Crippen LogP contribution in [-0.4, -0.2) is 111 Å². The van der Waals surface area contributed by atoms with Gasteiger partial charge in [-0.3, -0.25) is 9.69 Å². The van der Waals surface area contributed by atoms with Gasteiger partial charge in [0.1, 0.15) is 5.75 Å². The first-order chi connectivity index (χ1) is 26.3. The second kappa shape index (κ2) is 16.6. The monoisotopic (exact) mass is 809 g/mol. The molecular formula is C40H48KN7O7S. The fraction of sp³-hybridized carbons (Fsp3) is 0.500. The first-order valence-corrected chi connectivity index (χ1v) is 20.3. The van der Waals surface area contributed by atoms with Crippen molar-refractivity contribution >= 4 is 27.6 Å². The molecule has 1 spiro atoms. The van der Waals surface area contributed by atoms with Crippen LogP contribution in [-0.2, 0) is 20.4 Å². The number of urea groups is 1. The molecule has 2 aromatic carbocycles. The van der Waals surface area contributed by atoms with Gasteiger partial charge in [-0.1, -0.05) is 20.3 Å². The number of hydrogen-bond donors (Lipinski definition) is 1. The summed E-state index contributed by atoms with van der Waals surface area (Å²) in [4.78, 5) is 40.4. The molecule has 0 saturated carbocycles. The van der Waals surface area contributed by atoms with Crippen molar-refractivity contribution in [3.8, 4) is 17.7 Å². The minimum absolute atomic E-state index is 0. The molecule has 4 aliphatic heterocycles. The number of nitrogens with one attached hydrogen (secondary N) is 1. The molecule has 0 radical (unpaired) electrons. The molecule has 2 atom stereocenters. The zero-order valence-corrected chi connectivity index (χ0v) is 36.7. The van der Waals surface area contributed by atoms with Crippen LogP contribution in [0.15, 0.2) is 65.7 Å². The summed E-state index contributed by atoms with van der Waals surface area (Å²) in [6.45, 7) is 10.7. The molecule has 3 aromatic rings. The van der Waals surface area contributed by atoms with Crippen LogP contribution in [0.3, 0.4) is 0 Å². The molecule has 4 aliphatic rings. The van der Waals surface area contributed by atoms with Gasteiger partial charge in [-0.05, 0) is 93.9 Å². The van der Waals surface area contributed by atoms with Crippen LogP contribution >= 0.6 is 0 Å². The minimum Gasteiger partial charge on any atom is -0.850 e. The zero-order valence-electron chi connectivity index (χ0n) is 32.8. The molecule has 1 N–H and O–H groups in total. The van der Waals surface area contributed by atoms with E-state index in [4.69, 9.17) is 9.47 Å². The first-order valence-electron chi connectivity index (χ1n) is 18.9. The Balaban J connectivity index is 0.00000532. The third-order valence-corrected chi connectivity index (χ3v) is 13.1. The molecule has 1 unspecified atom stereocenters. The van der Waals surface area contributed by atoms with E-state index in [-0.39, 0.29) is 103 Å². The predicted octanol–water partition coefficient (Wildman–Crippen LogP) is 0.0544. The largest absolute Gasteiger partial charge is 1.00 e. The van der Waals surface area contributed by atoms with Gasteiger partial charge in [0.05, 0.1) is 41.5 Å². The second-order valence-electron chi connectivity index (χ2n) is 15.6. The van der Waals surface area contributed by atoms with E-state index in [1.165, 1.54) is 75.0 Å². The number of piperidine rings is 1. The van der Waals surface area contributed by atoms with Crippen molar-refractivity contribution in [2.75, 3.05) is 63.8 Å². The van der Waals surface area contributed by atoms with Gasteiger partial charge in [-0.2, -0.15) is 9.57 Å². The number of likely N-dealkylation sites (tertiary alicyclic amines) is 3. The summed E-state index contributed by atoms with van der Waals surface area (Å²) in [5, 5.41) is 26.0. The normalized spacial score (nSPS) is 22.0. The van der Waals surface area contributed by atoms with Gasteiger partial charge in [-0.15, -0.1) is 5.60 Å². The Morgan fingerprint density at radius 2 is 1.77 bits per heavy atom. The van der Waals surface area contributed by atoms with Gasteiger partial charge in [0.2, 0.25) is 5.88 Å². The smallest absolute Gasteiger partial charge is 0.850 e. The number of methoxy groups -OCH3 is 1. The Labute approximate surface area is 371 Å². The van der Waals surface area contributed by atoms with Crippen LogP contribution in [0.5, 0.6) is 11.6 Å². The Morgan fingerprint density at radius 3 is 2.41 bits per heavy atom. The van der Waals surface area contributed by atoms with E-state index in [1.54, 1.807) is 37.8 Å². The molecule has 7 rings (SSSR count). The van der Waals surface area contributed by atoms with Crippen molar-refractivity contribution in [2.24, 2.45) is 5.41 Å². The molecule has 3 saturated heterocycles. The molecular weight excluding hydrogens is 762 g/mol. The Kier molecular flexibility index (Phi) is 12.6. The molecule has 0 bridgehead atoms. The molecule has 1 aromatic heterocycles. The SMILES string of the molecule is CCOc1ncccc1[C@]1(NC(=O)N2CC3(C2)CN(CCN2CCCCC2)C3CC(C)(C)[O-])C(=O)N(S(=O)(=O)c2ccc(OC)cc2)c2ccc(C#N)cc21.[K+]. The number of rotatable bonds is 12. The number of pyridine rings is 1. The quantitative estimate of drug-likeness (QED) is 0.246. The van der Waals surface area contributed by atoms with Gasteiger partial charge in [0.15, 0.2) is 5.54 Å². The third-order valence-electron chi connectivity index (χ3n) is 11.4. The van der Waals surface area contributed by atoms with Crippen LogP contribution in [0.1, 0.15) is 63.1 Å². The summed E-state index contributed by atoms with van der Waals surface area (Å²) < 4.78 is 40.7. The van der Waals surface area contributed by atoms with Crippen LogP contribution in [0.2, 0.25) is 0 Å². The average Bonchev–Trinajstić information content (AvgIpc) is 3.40. The van der Waals surface area contributed by atoms with E-state index in [0.717, 1.165) is 32.7 Å². The maximum Gasteiger partial charge on any atom is 1.00 e. The van der Waals surface area contributed by atoms with Crippen molar-refractivity contribution in [1.29, 1.82) is 5.26 Å². The van der Waals surface area contributed by atoms with Crippen molar-refractivity contribution < 1.29 is 84.0 Å². The minimum atomic E-state index is -4.58. The number of ether oxygens (including phenoxy) is 2. The molecule has 3 fully saturated rings. The van der Waals surface area contributed by atoms with E-state index < -0.39 is 33.1 Å². The Bertz CT molecular complexity index is 2090. The summed E-state index contributed by atoms with van der Waals surface area (Å²) in [5.41, 5.74) is -3.27. The third kappa shape index (κ3) is 7.74. The van der Waals surface area contributed by atoms with Gasteiger partial charge in [-0.25, -0.2) is 18.2 Å². The summed E-state index contributed by atoms with van der Waals surface area (Å²) in [6.07, 6.45) is 5.57. The summed E-state index contributed by atoms with van der Waals surface area (Å²) in [5.74, 6) is -0.532. The van der Waals surface area contributed by atoms with Crippen molar-refractivity contribution in [2.45, 2.75) is 68.5 Å². The number of aromatic nitrogens is 1. The summed E-state index contributed by atoms with van der Waals surface area (Å²) in [6, 6.07) is 14.5. The molecule has 0 aliphatic carbocycles. The Hall–Kier alpha value is -3.11. The van der Waals surface area contributed by atoms with E-state index >= 15 is 4.79 Å². The Morgan fingerprint density at radius 1 is 1.05 bits per heavy atom. The van der Waals surface area contributed by atoms with Crippen molar-refractivity contribution in [3.05, 3.63) is 77.5 Å². The first kappa shape index (κ1) is 42.5. The van der Waals surface area contributed by atoms with Crippen molar-refractivity contribution in [3.63, 3.8) is 0 Å². The zero-order chi connectivity index (χ0) is 39.2. The maximum atomic E-state index is 15.2. The number of nitriles is 1. The fourth-order valence-corrected chi connectivity index (χ4v) is 10.2. The number of hydrogen-bond acceptors (Lipinski definition) is 11. The molecule has 292 valence electrons. The number of sulfonamides is 1. The van der Waals surface area contributed by atoms with Gasteiger partial charge in [0.25, 0.3) is 15.9 Å². The van der Waals surface area contributed by atoms with E-state index in [2.05, 4.69) is 26.2 Å². The van der Waals surface area contributed by atoms with Crippen LogP contribution < -0.4 is 75.6 Å². The molecule has 5 heterocycles. The number of amides is 3. The summed E-state index contributed by atoms with van der Waals surface area (Å²) >= 11 is 0. The van der Waals surface area contributed by atoms with Crippen LogP contribution in [0.25, 0.3) is 0 Å². The van der Waals surface area contributed by atoms with E-state index in [9.17, 15) is 23.6 Å². The number of benzene rings is 2. The summed E-state index contributed by atoms with van der Waals surface area (Å²) in [7, 11) is -3.12. The average molecular weight is 810 g/mol. The molecule has 16 heteroatoms. The standard InChI is InChI=1S/C40H48N7O7S.K/c1-5-54-35-31(10-9-17-42-35)40(32-22-28(24-41)11-16-33(32)47(36(40)48)55(51,52)30-14-12-29(53-4)13-15-30)43-37(49)46-26-39(27-46)25-45(34(39)23-38(2,3)50)21-20-44-18-7-6-8-19-44;/h9-17,22,34H,5-8,18-21,23,25-27H2,1-4H3,(H,43,49);/q-1;+1/t34?,40-;/m1./s1. The van der Waals surface area contributed by atoms with Crippen LogP contribution in [0.4, 0.5) is 10.5 Å². The predicted molar refractivity (Wildman–Crippen MR) is 202 cm³/mol. The number of fused-ring (bicyclic) bond motifs is 1. The van der Waals surface area contributed by atoms with Crippen molar-refractivity contribution in [1.82, 2.24) is 25.0 Å². The topological polar surface area (TPSA) is 171 Å². The van der Waals surface area contributed by atoms with Crippen LogP contribution in [0, 0.1) is 16.7 Å². The number of nitrogens with zero attached hydrogens (tertiary/aromatic N) is 6.